The van der Waals surface area contributed by atoms with Crippen LogP contribution in [0.5, 0.6) is 0 Å². The SMILES string of the molecule is CNS(=O)(=O)c1cc(C(=O)N(CCO)CCO)n(C)c1. The Morgan fingerprint density at radius 2 is 1.90 bits per heavy atom. The summed E-state index contributed by atoms with van der Waals surface area (Å²) in [5.41, 5.74) is 0.167. The molecule has 0 fully saturated rings. The van der Waals surface area contributed by atoms with Gasteiger partial charge < -0.3 is 19.7 Å². The topological polar surface area (TPSA) is 112 Å². The first-order valence-corrected chi connectivity index (χ1v) is 7.46. The fraction of sp³-hybridized carbons (Fsp3) is 0.545. The monoisotopic (exact) mass is 305 g/mol. The zero-order chi connectivity index (χ0) is 15.3. The van der Waals surface area contributed by atoms with Crippen LogP contribution in [0.25, 0.3) is 0 Å². The number of rotatable bonds is 7. The maximum Gasteiger partial charge on any atom is 0.270 e. The summed E-state index contributed by atoms with van der Waals surface area (Å²) in [7, 11) is -0.785. The lowest BCUT2D eigenvalue weighted by atomic mass is 10.3. The number of amides is 1. The highest BCUT2D eigenvalue weighted by Crippen LogP contribution is 2.14. The van der Waals surface area contributed by atoms with Crippen molar-refractivity contribution in [1.82, 2.24) is 14.2 Å². The Morgan fingerprint density at radius 3 is 2.35 bits per heavy atom. The van der Waals surface area contributed by atoms with Crippen molar-refractivity contribution >= 4 is 15.9 Å². The average molecular weight is 305 g/mol. The zero-order valence-electron chi connectivity index (χ0n) is 11.4. The summed E-state index contributed by atoms with van der Waals surface area (Å²) in [4.78, 5) is 13.5. The smallest absolute Gasteiger partial charge is 0.270 e. The van der Waals surface area contributed by atoms with E-state index in [-0.39, 0.29) is 36.9 Å². The summed E-state index contributed by atoms with van der Waals surface area (Å²) in [6, 6.07) is 1.26. The van der Waals surface area contributed by atoms with Gasteiger partial charge in [0.1, 0.15) is 10.6 Å². The predicted molar refractivity (Wildman–Crippen MR) is 71.7 cm³/mol. The van der Waals surface area contributed by atoms with Gasteiger partial charge in [-0.2, -0.15) is 0 Å². The third-order valence-electron chi connectivity index (χ3n) is 2.81. The normalized spacial score (nSPS) is 11.6. The van der Waals surface area contributed by atoms with E-state index in [2.05, 4.69) is 4.72 Å². The van der Waals surface area contributed by atoms with Crippen LogP contribution in [0.2, 0.25) is 0 Å². The largest absolute Gasteiger partial charge is 0.395 e. The molecule has 1 heterocycles. The number of aromatic nitrogens is 1. The molecule has 0 aliphatic rings. The van der Waals surface area contributed by atoms with Gasteiger partial charge in [-0.25, -0.2) is 13.1 Å². The molecule has 1 aromatic rings. The predicted octanol–water partition coefficient (Wildman–Crippen LogP) is -1.64. The van der Waals surface area contributed by atoms with Crippen molar-refractivity contribution in [3.63, 3.8) is 0 Å². The first-order chi connectivity index (χ1) is 9.37. The lowest BCUT2D eigenvalue weighted by molar-refractivity contribution is 0.0675. The van der Waals surface area contributed by atoms with Crippen LogP contribution in [-0.2, 0) is 17.1 Å². The van der Waals surface area contributed by atoms with E-state index >= 15 is 0 Å². The van der Waals surface area contributed by atoms with Gasteiger partial charge in [-0.3, -0.25) is 4.79 Å². The maximum atomic E-state index is 12.2. The van der Waals surface area contributed by atoms with Gasteiger partial charge in [-0.1, -0.05) is 0 Å². The Morgan fingerprint density at radius 1 is 1.35 bits per heavy atom. The van der Waals surface area contributed by atoms with Crippen LogP contribution in [-0.4, -0.2) is 67.4 Å². The minimum absolute atomic E-state index is 0.0150. The van der Waals surface area contributed by atoms with E-state index in [1.54, 1.807) is 7.05 Å². The number of nitrogens with zero attached hydrogens (tertiary/aromatic N) is 2. The van der Waals surface area contributed by atoms with Crippen LogP contribution in [0.4, 0.5) is 0 Å². The van der Waals surface area contributed by atoms with Crippen LogP contribution < -0.4 is 4.72 Å². The van der Waals surface area contributed by atoms with Gasteiger partial charge in [0.05, 0.1) is 13.2 Å². The number of aryl methyl sites for hydroxylation is 1. The minimum atomic E-state index is -3.62. The molecule has 1 rings (SSSR count). The quantitative estimate of drug-likeness (QED) is 0.559. The Labute approximate surface area is 117 Å². The molecule has 0 spiro atoms. The summed E-state index contributed by atoms with van der Waals surface area (Å²) in [6.45, 7) is -0.340. The molecule has 0 saturated heterocycles. The third kappa shape index (κ3) is 3.57. The van der Waals surface area contributed by atoms with Gasteiger partial charge >= 0.3 is 0 Å². The maximum absolute atomic E-state index is 12.2. The number of sulfonamides is 1. The standard InChI is InChI=1S/C11H19N3O5S/c1-12-20(18,19)9-7-10(13(2)8-9)11(17)14(3-5-15)4-6-16/h7-8,12,15-16H,3-6H2,1-2H3. The lowest BCUT2D eigenvalue weighted by Gasteiger charge is -2.20. The Balaban J connectivity index is 3.10. The Hall–Kier alpha value is -1.42. The number of aliphatic hydroxyl groups excluding tert-OH is 2. The van der Waals surface area contributed by atoms with Crippen molar-refractivity contribution in [2.24, 2.45) is 7.05 Å². The molecule has 0 radical (unpaired) electrons. The molecule has 3 N–H and O–H groups in total. The van der Waals surface area contributed by atoms with Crippen LogP contribution in [0.15, 0.2) is 17.2 Å². The number of hydrogen-bond donors (Lipinski definition) is 3. The number of carbonyl (C=O) groups is 1. The van der Waals surface area contributed by atoms with E-state index in [0.717, 1.165) is 0 Å². The molecule has 0 bridgehead atoms. The van der Waals surface area contributed by atoms with E-state index in [4.69, 9.17) is 10.2 Å². The van der Waals surface area contributed by atoms with Crippen LogP contribution >= 0.6 is 0 Å². The van der Waals surface area contributed by atoms with Gasteiger partial charge in [0.25, 0.3) is 5.91 Å². The number of carbonyl (C=O) groups excluding carboxylic acids is 1. The van der Waals surface area contributed by atoms with Gasteiger partial charge in [0.2, 0.25) is 10.0 Å². The third-order valence-corrected chi connectivity index (χ3v) is 4.19. The fourth-order valence-corrected chi connectivity index (χ4v) is 2.53. The van der Waals surface area contributed by atoms with Crippen LogP contribution in [0, 0.1) is 0 Å². The molecule has 114 valence electrons. The summed E-state index contributed by atoms with van der Waals surface area (Å²) >= 11 is 0. The van der Waals surface area contributed by atoms with E-state index in [1.165, 1.54) is 28.8 Å². The van der Waals surface area contributed by atoms with Crippen molar-refractivity contribution < 1.29 is 23.4 Å². The molecule has 0 aromatic carbocycles. The lowest BCUT2D eigenvalue weighted by Crippen LogP contribution is -2.36. The molecule has 8 nitrogen and oxygen atoms in total. The molecule has 0 atom stereocenters. The molecule has 1 aromatic heterocycles. The molecule has 9 heteroatoms. The Kier molecular flexibility index (Phi) is 5.69. The second kappa shape index (κ2) is 6.84. The van der Waals surface area contributed by atoms with Crippen molar-refractivity contribution in [3.8, 4) is 0 Å². The number of nitrogens with one attached hydrogen (secondary N) is 1. The van der Waals surface area contributed by atoms with Gasteiger partial charge in [0, 0.05) is 26.3 Å². The highest BCUT2D eigenvalue weighted by Gasteiger charge is 2.22. The molecular formula is C11H19N3O5S. The molecule has 0 aliphatic carbocycles. The summed E-state index contributed by atoms with van der Waals surface area (Å²) < 4.78 is 26.9. The molecule has 1 amide bonds. The minimum Gasteiger partial charge on any atom is -0.395 e. The van der Waals surface area contributed by atoms with Crippen molar-refractivity contribution in [2.75, 3.05) is 33.4 Å². The molecule has 0 saturated carbocycles. The fourth-order valence-electron chi connectivity index (χ4n) is 1.73. The molecule has 0 aliphatic heterocycles. The van der Waals surface area contributed by atoms with E-state index in [9.17, 15) is 13.2 Å². The van der Waals surface area contributed by atoms with Crippen LogP contribution in [0.3, 0.4) is 0 Å². The van der Waals surface area contributed by atoms with Gasteiger partial charge in [0.15, 0.2) is 0 Å². The second-order valence-corrected chi connectivity index (χ2v) is 6.01. The zero-order valence-corrected chi connectivity index (χ0v) is 12.2. The summed E-state index contributed by atoms with van der Waals surface area (Å²) in [5, 5.41) is 17.8. The highest BCUT2D eigenvalue weighted by atomic mass is 32.2. The van der Waals surface area contributed by atoms with Crippen molar-refractivity contribution in [3.05, 3.63) is 18.0 Å². The van der Waals surface area contributed by atoms with Gasteiger partial charge in [-0.05, 0) is 13.1 Å². The Bertz CT molecular complexity index is 561. The summed E-state index contributed by atoms with van der Waals surface area (Å²) in [6.07, 6.45) is 1.33. The van der Waals surface area contributed by atoms with Crippen LogP contribution in [0.1, 0.15) is 10.5 Å². The van der Waals surface area contributed by atoms with E-state index < -0.39 is 15.9 Å². The first-order valence-electron chi connectivity index (χ1n) is 5.98. The van der Waals surface area contributed by atoms with E-state index in [1.807, 2.05) is 0 Å². The molecular weight excluding hydrogens is 286 g/mol. The van der Waals surface area contributed by atoms with Crippen molar-refractivity contribution in [2.45, 2.75) is 4.90 Å². The molecule has 20 heavy (non-hydrogen) atoms. The second-order valence-electron chi connectivity index (χ2n) is 4.12. The number of hydrogen-bond acceptors (Lipinski definition) is 5. The van der Waals surface area contributed by atoms with E-state index in [0.29, 0.717) is 0 Å². The highest BCUT2D eigenvalue weighted by molar-refractivity contribution is 7.89. The van der Waals surface area contributed by atoms with Crippen molar-refractivity contribution in [1.29, 1.82) is 0 Å². The van der Waals surface area contributed by atoms with Gasteiger partial charge in [-0.15, -0.1) is 0 Å². The molecule has 0 unspecified atom stereocenters. The summed E-state index contributed by atoms with van der Waals surface area (Å²) in [5.74, 6) is -0.451. The first kappa shape index (κ1) is 16.6. The number of aliphatic hydroxyl groups is 2. The average Bonchev–Trinajstić information content (AvgIpc) is 2.80.